The molecule has 0 fully saturated rings. The summed E-state index contributed by atoms with van der Waals surface area (Å²) in [5.41, 5.74) is 3.70. The Balaban J connectivity index is 2.58. The van der Waals surface area contributed by atoms with Crippen LogP contribution in [0.15, 0.2) is 0 Å². The number of aromatic nitrogens is 2. The van der Waals surface area contributed by atoms with Crippen molar-refractivity contribution < 1.29 is 4.74 Å². The van der Waals surface area contributed by atoms with Gasteiger partial charge in [-0.05, 0) is 59.6 Å². The van der Waals surface area contributed by atoms with Crippen molar-refractivity contribution in [3.63, 3.8) is 0 Å². The topological polar surface area (TPSA) is 47.0 Å². The molecule has 0 unspecified atom stereocenters. The zero-order chi connectivity index (χ0) is 15.2. The Kier molecular flexibility index (Phi) is 6.56. The molecule has 4 heteroatoms. The molecule has 0 bridgehead atoms. The number of rotatable bonds is 7. The van der Waals surface area contributed by atoms with Crippen molar-refractivity contribution in [3.8, 4) is 0 Å². The highest BCUT2D eigenvalue weighted by molar-refractivity contribution is 5.24. The minimum atomic E-state index is 0.185. The van der Waals surface area contributed by atoms with E-state index in [2.05, 4.69) is 49.9 Å². The van der Waals surface area contributed by atoms with Crippen molar-refractivity contribution in [1.29, 1.82) is 0 Å². The molecule has 1 heterocycles. The lowest BCUT2D eigenvalue weighted by molar-refractivity contribution is 0.200. The van der Waals surface area contributed by atoms with Crippen molar-refractivity contribution in [3.05, 3.63) is 22.8 Å². The van der Waals surface area contributed by atoms with Crippen molar-refractivity contribution >= 4 is 0 Å². The second-order valence-corrected chi connectivity index (χ2v) is 6.31. The molecular formula is C16H29N3O. The first kappa shape index (κ1) is 17.1. The van der Waals surface area contributed by atoms with Crippen LogP contribution in [-0.4, -0.2) is 35.8 Å². The lowest BCUT2D eigenvalue weighted by Gasteiger charge is -2.20. The van der Waals surface area contributed by atoms with Gasteiger partial charge in [0.1, 0.15) is 5.82 Å². The first-order valence-corrected chi connectivity index (χ1v) is 7.40. The van der Waals surface area contributed by atoms with Gasteiger partial charge in [0.2, 0.25) is 0 Å². The first-order valence-electron chi connectivity index (χ1n) is 7.40. The highest BCUT2D eigenvalue weighted by Crippen LogP contribution is 2.13. The molecule has 0 spiro atoms. The molecular weight excluding hydrogens is 250 g/mol. The predicted molar refractivity (Wildman–Crippen MR) is 83.2 cm³/mol. The number of aryl methyl sites for hydroxylation is 2. The third-order valence-corrected chi connectivity index (χ3v) is 3.26. The Morgan fingerprint density at radius 1 is 1.05 bits per heavy atom. The average Bonchev–Trinajstić information content (AvgIpc) is 2.33. The largest absolute Gasteiger partial charge is 0.384 e. The molecule has 1 aromatic rings. The van der Waals surface area contributed by atoms with Gasteiger partial charge in [-0.2, -0.15) is 0 Å². The Labute approximate surface area is 123 Å². The van der Waals surface area contributed by atoms with E-state index in [0.717, 1.165) is 43.0 Å². The van der Waals surface area contributed by atoms with Crippen LogP contribution in [-0.2, 0) is 17.6 Å². The van der Waals surface area contributed by atoms with Crippen LogP contribution in [0, 0.1) is 13.8 Å². The summed E-state index contributed by atoms with van der Waals surface area (Å²) in [6, 6.07) is 0. The number of hydrogen-bond donors (Lipinski definition) is 1. The summed E-state index contributed by atoms with van der Waals surface area (Å²) >= 11 is 0. The van der Waals surface area contributed by atoms with E-state index in [0.29, 0.717) is 6.61 Å². The highest BCUT2D eigenvalue weighted by atomic mass is 16.5. The highest BCUT2D eigenvalue weighted by Gasteiger charge is 2.10. The maximum absolute atomic E-state index is 5.08. The van der Waals surface area contributed by atoms with E-state index in [1.54, 1.807) is 7.11 Å². The van der Waals surface area contributed by atoms with Crippen molar-refractivity contribution in [2.45, 2.75) is 59.4 Å². The zero-order valence-corrected chi connectivity index (χ0v) is 13.8. The van der Waals surface area contributed by atoms with Crippen molar-refractivity contribution in [1.82, 2.24) is 15.3 Å². The molecule has 0 aliphatic rings. The number of ether oxygens (including phenoxy) is 1. The van der Waals surface area contributed by atoms with Gasteiger partial charge < -0.3 is 10.1 Å². The van der Waals surface area contributed by atoms with Gasteiger partial charge in [-0.3, -0.25) is 0 Å². The molecule has 0 aromatic carbocycles. The molecule has 4 nitrogen and oxygen atoms in total. The lowest BCUT2D eigenvalue weighted by Crippen LogP contribution is -2.36. The standard InChI is InChI=1S/C16H29N3O/c1-12-14(8-7-10-17-16(3,4)5)13(2)19-15(18-12)9-11-20-6/h17H,7-11H2,1-6H3. The van der Waals surface area contributed by atoms with Gasteiger partial charge in [0.25, 0.3) is 0 Å². The summed E-state index contributed by atoms with van der Waals surface area (Å²) in [5, 5.41) is 3.51. The van der Waals surface area contributed by atoms with Gasteiger partial charge in [-0.1, -0.05) is 0 Å². The molecule has 0 saturated heterocycles. The Bertz CT molecular complexity index is 401. The van der Waals surface area contributed by atoms with Crippen molar-refractivity contribution in [2.75, 3.05) is 20.3 Å². The molecule has 0 atom stereocenters. The summed E-state index contributed by atoms with van der Waals surface area (Å²) in [5.74, 6) is 0.887. The summed E-state index contributed by atoms with van der Waals surface area (Å²) in [6.45, 7) is 12.4. The van der Waals surface area contributed by atoms with Crippen LogP contribution in [0.1, 0.15) is 50.0 Å². The molecule has 0 saturated carbocycles. The van der Waals surface area contributed by atoms with Crippen LogP contribution < -0.4 is 5.32 Å². The van der Waals surface area contributed by atoms with Gasteiger partial charge >= 0.3 is 0 Å². The normalized spacial score (nSPS) is 11.9. The predicted octanol–water partition coefficient (Wildman–Crippen LogP) is 2.60. The second kappa shape index (κ2) is 7.70. The Hall–Kier alpha value is -1.00. The zero-order valence-electron chi connectivity index (χ0n) is 13.8. The molecule has 114 valence electrons. The minimum Gasteiger partial charge on any atom is -0.384 e. The summed E-state index contributed by atoms with van der Waals surface area (Å²) < 4.78 is 5.08. The third-order valence-electron chi connectivity index (χ3n) is 3.26. The fourth-order valence-corrected chi connectivity index (χ4v) is 2.20. The van der Waals surface area contributed by atoms with Gasteiger partial charge in [-0.25, -0.2) is 9.97 Å². The molecule has 0 radical (unpaired) electrons. The molecule has 0 aliphatic heterocycles. The summed E-state index contributed by atoms with van der Waals surface area (Å²) in [6.07, 6.45) is 2.93. The summed E-state index contributed by atoms with van der Waals surface area (Å²) in [7, 11) is 1.70. The van der Waals surface area contributed by atoms with Crippen LogP contribution in [0.3, 0.4) is 0 Å². The quantitative estimate of drug-likeness (QED) is 0.779. The average molecular weight is 279 g/mol. The molecule has 1 aromatic heterocycles. The van der Waals surface area contributed by atoms with Crippen LogP contribution in [0.2, 0.25) is 0 Å². The summed E-state index contributed by atoms with van der Waals surface area (Å²) in [4.78, 5) is 9.17. The van der Waals surface area contributed by atoms with E-state index >= 15 is 0 Å². The van der Waals surface area contributed by atoms with E-state index in [9.17, 15) is 0 Å². The number of hydrogen-bond acceptors (Lipinski definition) is 4. The number of nitrogens with one attached hydrogen (secondary N) is 1. The lowest BCUT2D eigenvalue weighted by atomic mass is 10.0. The minimum absolute atomic E-state index is 0.185. The molecule has 20 heavy (non-hydrogen) atoms. The van der Waals surface area contributed by atoms with E-state index in [-0.39, 0.29) is 5.54 Å². The van der Waals surface area contributed by atoms with Crippen molar-refractivity contribution in [2.24, 2.45) is 0 Å². The van der Waals surface area contributed by atoms with Crippen LogP contribution in [0.4, 0.5) is 0 Å². The van der Waals surface area contributed by atoms with Gasteiger partial charge in [0, 0.05) is 30.5 Å². The fraction of sp³-hybridized carbons (Fsp3) is 0.750. The SMILES string of the molecule is COCCc1nc(C)c(CCCNC(C)(C)C)c(C)n1. The Morgan fingerprint density at radius 2 is 1.65 bits per heavy atom. The maximum atomic E-state index is 5.08. The second-order valence-electron chi connectivity index (χ2n) is 6.31. The molecule has 1 rings (SSSR count). The van der Waals surface area contributed by atoms with Gasteiger partial charge in [0.05, 0.1) is 6.61 Å². The smallest absolute Gasteiger partial charge is 0.131 e. The molecule has 1 N–H and O–H groups in total. The molecule has 0 aliphatic carbocycles. The van der Waals surface area contributed by atoms with Gasteiger partial charge in [-0.15, -0.1) is 0 Å². The fourth-order valence-electron chi connectivity index (χ4n) is 2.20. The van der Waals surface area contributed by atoms with E-state index < -0.39 is 0 Å². The number of methoxy groups -OCH3 is 1. The molecule has 0 amide bonds. The Morgan fingerprint density at radius 3 is 2.15 bits per heavy atom. The monoisotopic (exact) mass is 279 g/mol. The van der Waals surface area contributed by atoms with E-state index in [1.165, 1.54) is 5.56 Å². The van der Waals surface area contributed by atoms with E-state index in [1.807, 2.05) is 0 Å². The van der Waals surface area contributed by atoms with Gasteiger partial charge in [0.15, 0.2) is 0 Å². The maximum Gasteiger partial charge on any atom is 0.131 e. The number of nitrogens with zero attached hydrogens (tertiary/aromatic N) is 2. The van der Waals surface area contributed by atoms with Crippen LogP contribution in [0.5, 0.6) is 0 Å². The first-order chi connectivity index (χ1) is 9.33. The van der Waals surface area contributed by atoms with E-state index in [4.69, 9.17) is 4.74 Å². The van der Waals surface area contributed by atoms with Crippen LogP contribution >= 0.6 is 0 Å². The van der Waals surface area contributed by atoms with Crippen LogP contribution in [0.25, 0.3) is 0 Å². The third kappa shape index (κ3) is 5.97.